The maximum Gasteiger partial charge on any atom is 0.427 e. The first-order chi connectivity index (χ1) is 10.4. The van der Waals surface area contributed by atoms with Crippen molar-refractivity contribution in [2.24, 2.45) is 0 Å². The van der Waals surface area contributed by atoms with Crippen molar-refractivity contribution in [1.82, 2.24) is 4.98 Å². The Hall–Kier alpha value is -2.09. The zero-order valence-corrected chi connectivity index (χ0v) is 12.4. The van der Waals surface area contributed by atoms with Gasteiger partial charge in [-0.15, -0.1) is 0 Å². The molecular weight excluding hydrogens is 317 g/mol. The fourth-order valence-electron chi connectivity index (χ4n) is 1.73. The average molecular weight is 330 g/mol. The SMILES string of the molecule is COC(=O)c1ccc(CCNc2ncc(C(F)(F)F)s2)cc1. The van der Waals surface area contributed by atoms with E-state index < -0.39 is 17.0 Å². The number of rotatable bonds is 5. The lowest BCUT2D eigenvalue weighted by Gasteiger charge is -2.04. The molecule has 4 nitrogen and oxygen atoms in total. The van der Waals surface area contributed by atoms with E-state index in [4.69, 9.17) is 0 Å². The van der Waals surface area contributed by atoms with Gasteiger partial charge in [0.2, 0.25) is 0 Å². The van der Waals surface area contributed by atoms with Gasteiger partial charge in [-0.2, -0.15) is 13.2 Å². The van der Waals surface area contributed by atoms with E-state index in [9.17, 15) is 18.0 Å². The molecule has 0 saturated heterocycles. The van der Waals surface area contributed by atoms with Crippen molar-refractivity contribution in [2.75, 3.05) is 19.0 Å². The third-order valence-corrected chi connectivity index (χ3v) is 3.85. The van der Waals surface area contributed by atoms with Gasteiger partial charge in [-0.25, -0.2) is 9.78 Å². The summed E-state index contributed by atoms with van der Waals surface area (Å²) in [6.07, 6.45) is -2.94. The van der Waals surface area contributed by atoms with Crippen LogP contribution in [-0.2, 0) is 17.3 Å². The number of aromatic nitrogens is 1. The van der Waals surface area contributed by atoms with Gasteiger partial charge >= 0.3 is 12.1 Å². The number of carbonyl (C=O) groups is 1. The molecule has 0 radical (unpaired) electrons. The van der Waals surface area contributed by atoms with Crippen molar-refractivity contribution >= 4 is 22.4 Å². The summed E-state index contributed by atoms with van der Waals surface area (Å²) in [5, 5.41) is 3.08. The molecule has 22 heavy (non-hydrogen) atoms. The van der Waals surface area contributed by atoms with Crippen LogP contribution in [0.4, 0.5) is 18.3 Å². The molecule has 0 aliphatic carbocycles. The van der Waals surface area contributed by atoms with E-state index in [0.717, 1.165) is 11.8 Å². The Labute approximate surface area is 128 Å². The lowest BCUT2D eigenvalue weighted by atomic mass is 10.1. The average Bonchev–Trinajstić information content (AvgIpc) is 2.96. The van der Waals surface area contributed by atoms with Crippen molar-refractivity contribution < 1.29 is 22.7 Å². The predicted octanol–water partition coefficient (Wildman–Crippen LogP) is 3.60. The molecule has 0 aliphatic rings. The normalized spacial score (nSPS) is 11.3. The third-order valence-electron chi connectivity index (χ3n) is 2.85. The highest BCUT2D eigenvalue weighted by atomic mass is 32.1. The van der Waals surface area contributed by atoms with E-state index >= 15 is 0 Å². The molecule has 8 heteroatoms. The molecule has 0 amide bonds. The number of carbonyl (C=O) groups excluding carboxylic acids is 1. The van der Waals surface area contributed by atoms with Crippen molar-refractivity contribution in [1.29, 1.82) is 0 Å². The van der Waals surface area contributed by atoms with E-state index in [0.29, 0.717) is 29.9 Å². The number of benzene rings is 1. The Morgan fingerprint density at radius 2 is 2.00 bits per heavy atom. The summed E-state index contributed by atoms with van der Waals surface area (Å²) in [6.45, 7) is 0.447. The number of alkyl halides is 3. The van der Waals surface area contributed by atoms with E-state index in [1.165, 1.54) is 7.11 Å². The molecular formula is C14H13F3N2O2S. The molecule has 0 saturated carbocycles. The van der Waals surface area contributed by atoms with Crippen LogP contribution >= 0.6 is 11.3 Å². The number of anilines is 1. The zero-order chi connectivity index (χ0) is 16.2. The molecule has 1 N–H and O–H groups in total. The molecule has 1 aromatic heterocycles. The Bertz CT molecular complexity index is 638. The molecule has 0 fully saturated rings. The fourth-order valence-corrected chi connectivity index (χ4v) is 2.44. The van der Waals surface area contributed by atoms with E-state index in [-0.39, 0.29) is 5.13 Å². The highest BCUT2D eigenvalue weighted by Crippen LogP contribution is 2.34. The van der Waals surface area contributed by atoms with Gasteiger partial charge in [-0.1, -0.05) is 23.5 Å². The number of thiazole rings is 1. The van der Waals surface area contributed by atoms with Crippen molar-refractivity contribution in [3.8, 4) is 0 Å². The number of ether oxygens (including phenoxy) is 1. The van der Waals surface area contributed by atoms with Crippen LogP contribution in [0.1, 0.15) is 20.8 Å². The molecule has 1 aromatic carbocycles. The van der Waals surface area contributed by atoms with E-state index in [1.807, 2.05) is 0 Å². The number of nitrogens with one attached hydrogen (secondary N) is 1. The van der Waals surface area contributed by atoms with Gasteiger partial charge < -0.3 is 10.1 Å². The summed E-state index contributed by atoms with van der Waals surface area (Å²) in [5.74, 6) is -0.410. The maximum atomic E-state index is 12.4. The highest BCUT2D eigenvalue weighted by molar-refractivity contribution is 7.15. The van der Waals surface area contributed by atoms with Gasteiger partial charge in [0.15, 0.2) is 5.13 Å². The summed E-state index contributed by atoms with van der Waals surface area (Å²) >= 11 is 0.576. The van der Waals surface area contributed by atoms with Gasteiger partial charge in [0.05, 0.1) is 18.9 Å². The van der Waals surface area contributed by atoms with Crippen LogP contribution in [0.5, 0.6) is 0 Å². The molecule has 0 bridgehead atoms. The topological polar surface area (TPSA) is 51.2 Å². The standard InChI is InChI=1S/C14H13F3N2O2S/c1-21-12(20)10-4-2-9(3-5-10)6-7-18-13-19-8-11(22-13)14(15,16)17/h2-5,8H,6-7H2,1H3,(H,18,19). The number of halogens is 3. The fraction of sp³-hybridized carbons (Fsp3) is 0.286. The van der Waals surface area contributed by atoms with Crippen LogP contribution in [0.2, 0.25) is 0 Å². The van der Waals surface area contributed by atoms with Gasteiger partial charge in [0.1, 0.15) is 4.88 Å². The Morgan fingerprint density at radius 1 is 1.32 bits per heavy atom. The minimum absolute atomic E-state index is 0.235. The number of hydrogen-bond acceptors (Lipinski definition) is 5. The summed E-state index contributed by atoms with van der Waals surface area (Å²) in [6, 6.07) is 6.84. The zero-order valence-electron chi connectivity index (χ0n) is 11.6. The lowest BCUT2D eigenvalue weighted by molar-refractivity contribution is -0.134. The number of methoxy groups -OCH3 is 1. The van der Waals surface area contributed by atoms with E-state index in [1.54, 1.807) is 24.3 Å². The Kier molecular flexibility index (Phi) is 5.02. The first-order valence-electron chi connectivity index (χ1n) is 6.34. The van der Waals surface area contributed by atoms with Crippen LogP contribution in [0.15, 0.2) is 30.5 Å². The summed E-state index contributed by atoms with van der Waals surface area (Å²) in [7, 11) is 1.31. The first kappa shape index (κ1) is 16.3. The monoisotopic (exact) mass is 330 g/mol. The van der Waals surface area contributed by atoms with Crippen molar-refractivity contribution in [3.05, 3.63) is 46.5 Å². The number of nitrogens with zero attached hydrogens (tertiary/aromatic N) is 1. The Balaban J connectivity index is 1.86. The largest absolute Gasteiger partial charge is 0.465 e. The molecule has 118 valence electrons. The Morgan fingerprint density at radius 3 is 2.55 bits per heavy atom. The second-order valence-corrected chi connectivity index (χ2v) is 5.42. The first-order valence-corrected chi connectivity index (χ1v) is 7.16. The smallest absolute Gasteiger partial charge is 0.427 e. The van der Waals surface area contributed by atoms with Crippen molar-refractivity contribution in [3.63, 3.8) is 0 Å². The van der Waals surface area contributed by atoms with Gasteiger partial charge in [-0.05, 0) is 24.1 Å². The maximum absolute atomic E-state index is 12.4. The molecule has 2 rings (SSSR count). The van der Waals surface area contributed by atoms with Crippen LogP contribution in [-0.4, -0.2) is 24.6 Å². The molecule has 0 aliphatic heterocycles. The number of esters is 1. The third kappa shape index (κ3) is 4.20. The number of hydrogen-bond donors (Lipinski definition) is 1. The quantitative estimate of drug-likeness (QED) is 0.851. The summed E-state index contributed by atoms with van der Waals surface area (Å²) < 4.78 is 41.9. The van der Waals surface area contributed by atoms with E-state index in [2.05, 4.69) is 15.0 Å². The van der Waals surface area contributed by atoms with Crippen LogP contribution in [0.25, 0.3) is 0 Å². The minimum atomic E-state index is -4.36. The van der Waals surface area contributed by atoms with Gasteiger partial charge in [0.25, 0.3) is 0 Å². The molecule has 0 spiro atoms. The van der Waals surface area contributed by atoms with Crippen LogP contribution in [0.3, 0.4) is 0 Å². The molecule has 2 aromatic rings. The second kappa shape index (κ2) is 6.78. The van der Waals surface area contributed by atoms with Crippen LogP contribution in [0, 0.1) is 0 Å². The van der Waals surface area contributed by atoms with Crippen LogP contribution < -0.4 is 5.32 Å². The molecule has 0 atom stereocenters. The highest BCUT2D eigenvalue weighted by Gasteiger charge is 2.33. The summed E-state index contributed by atoms with van der Waals surface area (Å²) in [5.41, 5.74) is 1.40. The summed E-state index contributed by atoms with van der Waals surface area (Å²) in [4.78, 5) is 14.2. The molecule has 1 heterocycles. The van der Waals surface area contributed by atoms with Gasteiger partial charge in [0, 0.05) is 6.54 Å². The van der Waals surface area contributed by atoms with Gasteiger partial charge in [-0.3, -0.25) is 0 Å². The minimum Gasteiger partial charge on any atom is -0.465 e. The predicted molar refractivity (Wildman–Crippen MR) is 77.1 cm³/mol. The molecule has 0 unspecified atom stereocenters. The van der Waals surface area contributed by atoms with Crippen molar-refractivity contribution in [2.45, 2.75) is 12.6 Å². The lowest BCUT2D eigenvalue weighted by Crippen LogP contribution is -2.05. The second-order valence-electron chi connectivity index (χ2n) is 4.39.